The minimum atomic E-state index is -0.378. The van der Waals surface area contributed by atoms with Crippen LogP contribution in [0.1, 0.15) is 11.1 Å². The van der Waals surface area contributed by atoms with Crippen LogP contribution in [0.15, 0.2) is 46.9 Å². The summed E-state index contributed by atoms with van der Waals surface area (Å²) in [7, 11) is 1.82. The van der Waals surface area contributed by atoms with Gasteiger partial charge in [0, 0.05) is 18.1 Å². The van der Waals surface area contributed by atoms with Crippen molar-refractivity contribution in [3.63, 3.8) is 0 Å². The van der Waals surface area contributed by atoms with E-state index in [1.165, 1.54) is 6.07 Å². The lowest BCUT2D eigenvalue weighted by Gasteiger charge is -2.20. The lowest BCUT2D eigenvalue weighted by atomic mass is 10.1. The van der Waals surface area contributed by atoms with Crippen LogP contribution in [0.3, 0.4) is 0 Å². The molecular weight excluding hydrogens is 307 g/mol. The number of anilines is 1. The molecule has 96 valence electrons. The van der Waals surface area contributed by atoms with Gasteiger partial charge in [0.2, 0.25) is 0 Å². The number of nitriles is 1. The molecule has 0 saturated heterocycles. The maximum atomic E-state index is 13.9. The largest absolute Gasteiger partial charge is 0.368 e. The van der Waals surface area contributed by atoms with E-state index in [0.29, 0.717) is 17.8 Å². The molecule has 2 nitrogen and oxygen atoms in total. The Bertz CT molecular complexity index is 634. The molecule has 2 aromatic carbocycles. The molecule has 0 atom stereocenters. The van der Waals surface area contributed by atoms with Crippen LogP contribution >= 0.6 is 15.9 Å². The maximum Gasteiger partial charge on any atom is 0.147 e. The fourth-order valence-corrected chi connectivity index (χ4v) is 2.33. The second-order valence-electron chi connectivity index (χ2n) is 4.26. The van der Waals surface area contributed by atoms with Crippen molar-refractivity contribution >= 4 is 21.6 Å². The van der Waals surface area contributed by atoms with E-state index in [0.717, 1.165) is 10.0 Å². The van der Waals surface area contributed by atoms with Gasteiger partial charge in [0.25, 0.3) is 0 Å². The maximum absolute atomic E-state index is 13.9. The van der Waals surface area contributed by atoms with Crippen molar-refractivity contribution in [3.05, 3.63) is 63.9 Å². The molecule has 0 unspecified atom stereocenters. The zero-order valence-electron chi connectivity index (χ0n) is 10.4. The van der Waals surface area contributed by atoms with E-state index in [2.05, 4.69) is 15.9 Å². The predicted molar refractivity (Wildman–Crippen MR) is 77.4 cm³/mol. The van der Waals surface area contributed by atoms with E-state index in [1.807, 2.05) is 42.3 Å². The van der Waals surface area contributed by atoms with Crippen LogP contribution in [0.5, 0.6) is 0 Å². The van der Waals surface area contributed by atoms with Crippen LogP contribution in [0.25, 0.3) is 0 Å². The SMILES string of the molecule is CN(Cc1cccc(Br)c1)c1ccc(C#N)cc1F. The van der Waals surface area contributed by atoms with Gasteiger partial charge in [-0.1, -0.05) is 28.1 Å². The molecule has 0 amide bonds. The van der Waals surface area contributed by atoms with Gasteiger partial charge in [-0.2, -0.15) is 5.26 Å². The van der Waals surface area contributed by atoms with E-state index in [1.54, 1.807) is 12.1 Å². The van der Waals surface area contributed by atoms with Gasteiger partial charge in [0.15, 0.2) is 0 Å². The highest BCUT2D eigenvalue weighted by Crippen LogP contribution is 2.22. The summed E-state index contributed by atoms with van der Waals surface area (Å²) in [6.07, 6.45) is 0. The third-order valence-corrected chi connectivity index (χ3v) is 3.29. The molecule has 0 N–H and O–H groups in total. The summed E-state index contributed by atoms with van der Waals surface area (Å²) in [6.45, 7) is 0.599. The summed E-state index contributed by atoms with van der Waals surface area (Å²) in [5.41, 5.74) is 1.90. The third-order valence-electron chi connectivity index (χ3n) is 2.80. The molecule has 0 spiro atoms. The Morgan fingerprint density at radius 1 is 1.26 bits per heavy atom. The Morgan fingerprint density at radius 3 is 2.68 bits per heavy atom. The molecule has 0 bridgehead atoms. The molecule has 0 aliphatic heterocycles. The van der Waals surface area contributed by atoms with Crippen molar-refractivity contribution < 1.29 is 4.39 Å². The van der Waals surface area contributed by atoms with Gasteiger partial charge in [-0.15, -0.1) is 0 Å². The summed E-state index contributed by atoms with van der Waals surface area (Å²) in [5, 5.41) is 8.72. The van der Waals surface area contributed by atoms with Crippen molar-refractivity contribution in [2.24, 2.45) is 0 Å². The molecule has 2 rings (SSSR count). The molecule has 19 heavy (non-hydrogen) atoms. The monoisotopic (exact) mass is 318 g/mol. The molecular formula is C15H12BrFN2. The highest BCUT2D eigenvalue weighted by molar-refractivity contribution is 9.10. The first-order valence-electron chi connectivity index (χ1n) is 5.75. The van der Waals surface area contributed by atoms with E-state index >= 15 is 0 Å². The van der Waals surface area contributed by atoms with Crippen LogP contribution in [-0.4, -0.2) is 7.05 Å². The van der Waals surface area contributed by atoms with Crippen LogP contribution in [-0.2, 0) is 6.54 Å². The van der Waals surface area contributed by atoms with Gasteiger partial charge in [-0.05, 0) is 35.9 Å². The number of nitrogens with zero attached hydrogens (tertiary/aromatic N) is 2. The number of hydrogen-bond donors (Lipinski definition) is 0. The molecule has 0 heterocycles. The summed E-state index contributed by atoms with van der Waals surface area (Å²) in [6, 6.07) is 14.3. The van der Waals surface area contributed by atoms with Crippen LogP contribution < -0.4 is 4.90 Å². The number of hydrogen-bond acceptors (Lipinski definition) is 2. The van der Waals surface area contributed by atoms with Crippen LogP contribution in [0, 0.1) is 17.1 Å². The van der Waals surface area contributed by atoms with Crippen molar-refractivity contribution in [1.82, 2.24) is 0 Å². The lowest BCUT2D eigenvalue weighted by molar-refractivity contribution is 0.622. The Hall–Kier alpha value is -1.86. The molecule has 4 heteroatoms. The zero-order valence-corrected chi connectivity index (χ0v) is 12.0. The highest BCUT2D eigenvalue weighted by atomic mass is 79.9. The Balaban J connectivity index is 2.21. The number of rotatable bonds is 3. The van der Waals surface area contributed by atoms with Gasteiger partial charge >= 0.3 is 0 Å². The molecule has 0 fully saturated rings. The van der Waals surface area contributed by atoms with Gasteiger partial charge in [0.1, 0.15) is 5.82 Å². The number of halogens is 2. The molecule has 0 radical (unpaired) electrons. The second kappa shape index (κ2) is 5.85. The summed E-state index contributed by atoms with van der Waals surface area (Å²) >= 11 is 3.41. The standard InChI is InChI=1S/C15H12BrFN2/c1-19(10-12-3-2-4-13(16)7-12)15-6-5-11(9-18)8-14(15)17/h2-8H,10H2,1H3. The van der Waals surface area contributed by atoms with Crippen molar-refractivity contribution in [2.75, 3.05) is 11.9 Å². The minimum Gasteiger partial charge on any atom is -0.368 e. The van der Waals surface area contributed by atoms with Crippen molar-refractivity contribution in [1.29, 1.82) is 5.26 Å². The number of benzene rings is 2. The second-order valence-corrected chi connectivity index (χ2v) is 5.18. The van der Waals surface area contributed by atoms with Gasteiger partial charge in [-0.3, -0.25) is 0 Å². The highest BCUT2D eigenvalue weighted by Gasteiger charge is 2.09. The Kier molecular flexibility index (Phi) is 4.18. The first kappa shape index (κ1) is 13.6. The molecule has 2 aromatic rings. The Labute approximate surface area is 120 Å². The average molecular weight is 319 g/mol. The molecule has 0 saturated carbocycles. The van der Waals surface area contributed by atoms with Crippen LogP contribution in [0.2, 0.25) is 0 Å². The van der Waals surface area contributed by atoms with Crippen molar-refractivity contribution in [2.45, 2.75) is 6.54 Å². The van der Waals surface area contributed by atoms with E-state index in [4.69, 9.17) is 5.26 Å². The lowest BCUT2D eigenvalue weighted by Crippen LogP contribution is -2.17. The minimum absolute atomic E-state index is 0.331. The predicted octanol–water partition coefficient (Wildman–Crippen LogP) is 4.10. The molecule has 0 aliphatic rings. The summed E-state index contributed by atoms with van der Waals surface area (Å²) in [5.74, 6) is -0.378. The van der Waals surface area contributed by atoms with E-state index in [-0.39, 0.29) is 5.82 Å². The summed E-state index contributed by atoms with van der Waals surface area (Å²) < 4.78 is 14.9. The topological polar surface area (TPSA) is 27.0 Å². The van der Waals surface area contributed by atoms with Crippen LogP contribution in [0.4, 0.5) is 10.1 Å². The normalized spacial score (nSPS) is 10.0. The first-order valence-corrected chi connectivity index (χ1v) is 6.54. The zero-order chi connectivity index (χ0) is 13.8. The van der Waals surface area contributed by atoms with E-state index < -0.39 is 0 Å². The molecule has 0 aromatic heterocycles. The average Bonchev–Trinajstić information content (AvgIpc) is 2.38. The third kappa shape index (κ3) is 3.33. The molecule has 0 aliphatic carbocycles. The van der Waals surface area contributed by atoms with Crippen molar-refractivity contribution in [3.8, 4) is 6.07 Å². The Morgan fingerprint density at radius 2 is 2.05 bits per heavy atom. The quantitative estimate of drug-likeness (QED) is 0.852. The fourth-order valence-electron chi connectivity index (χ4n) is 1.88. The summed E-state index contributed by atoms with van der Waals surface area (Å²) in [4.78, 5) is 1.82. The van der Waals surface area contributed by atoms with Gasteiger partial charge < -0.3 is 4.90 Å². The van der Waals surface area contributed by atoms with E-state index in [9.17, 15) is 4.39 Å². The van der Waals surface area contributed by atoms with Gasteiger partial charge in [-0.25, -0.2) is 4.39 Å². The first-order chi connectivity index (χ1) is 9.10. The fraction of sp³-hybridized carbons (Fsp3) is 0.133. The van der Waals surface area contributed by atoms with Gasteiger partial charge in [0.05, 0.1) is 17.3 Å². The smallest absolute Gasteiger partial charge is 0.147 e.